The lowest BCUT2D eigenvalue weighted by Crippen LogP contribution is -2.41. The van der Waals surface area contributed by atoms with Crippen LogP contribution in [0.1, 0.15) is 6.92 Å². The molecule has 0 aliphatic rings. The molecule has 0 heterocycles. The Morgan fingerprint density at radius 3 is 2.25 bits per heavy atom. The third-order valence-electron chi connectivity index (χ3n) is 1.13. The Kier molecular flexibility index (Phi) is 3.51. The van der Waals surface area contributed by atoms with Crippen LogP contribution in [0.4, 0.5) is 13.2 Å². The first kappa shape index (κ1) is 11.2. The van der Waals surface area contributed by atoms with Gasteiger partial charge in [0.15, 0.2) is 0 Å². The Morgan fingerprint density at radius 1 is 1.58 bits per heavy atom. The number of aliphatic hydroxyl groups excluding tert-OH is 1. The Bertz CT molecular complexity index is 167. The Balaban J connectivity index is 4.12. The topological polar surface area (TPSA) is 40.5 Å². The van der Waals surface area contributed by atoms with Gasteiger partial charge in [0, 0.05) is 13.6 Å². The van der Waals surface area contributed by atoms with Gasteiger partial charge < -0.3 is 10.0 Å². The van der Waals surface area contributed by atoms with Crippen LogP contribution in [0.5, 0.6) is 0 Å². The minimum atomic E-state index is -4.86. The van der Waals surface area contributed by atoms with E-state index >= 15 is 0 Å². The number of rotatable bonds is 2. The maximum Gasteiger partial charge on any atom is 0.471 e. The first-order chi connectivity index (χ1) is 5.25. The van der Waals surface area contributed by atoms with Crippen molar-refractivity contribution in [1.82, 2.24) is 4.90 Å². The van der Waals surface area contributed by atoms with Gasteiger partial charge in [-0.05, 0) is 6.92 Å². The molecule has 0 spiro atoms. The van der Waals surface area contributed by atoms with E-state index in [0.29, 0.717) is 4.90 Å². The molecule has 1 amide bonds. The molecule has 1 N–H and O–H groups in total. The average molecular weight is 185 g/mol. The smallest absolute Gasteiger partial charge is 0.392 e. The molecule has 0 unspecified atom stereocenters. The van der Waals surface area contributed by atoms with Gasteiger partial charge in [-0.3, -0.25) is 4.79 Å². The second-order valence-electron chi connectivity index (χ2n) is 2.53. The van der Waals surface area contributed by atoms with Crippen LogP contribution in [0.25, 0.3) is 0 Å². The van der Waals surface area contributed by atoms with Gasteiger partial charge in [0.05, 0.1) is 6.10 Å². The monoisotopic (exact) mass is 185 g/mol. The normalized spacial score (nSPS) is 14.2. The first-order valence-electron chi connectivity index (χ1n) is 3.25. The molecular weight excluding hydrogens is 175 g/mol. The van der Waals surface area contributed by atoms with Crippen LogP contribution in [0.3, 0.4) is 0 Å². The van der Waals surface area contributed by atoms with Crippen molar-refractivity contribution in [3.63, 3.8) is 0 Å². The zero-order valence-corrected chi connectivity index (χ0v) is 6.72. The van der Waals surface area contributed by atoms with Crippen molar-refractivity contribution in [2.75, 3.05) is 13.6 Å². The van der Waals surface area contributed by atoms with Crippen molar-refractivity contribution in [3.05, 3.63) is 0 Å². The summed E-state index contributed by atoms with van der Waals surface area (Å²) in [5, 5.41) is 8.68. The molecule has 0 aliphatic heterocycles. The average Bonchev–Trinajstić information content (AvgIpc) is 1.82. The maximum absolute atomic E-state index is 11.7. The summed E-state index contributed by atoms with van der Waals surface area (Å²) in [7, 11) is 0.989. The van der Waals surface area contributed by atoms with E-state index in [2.05, 4.69) is 0 Å². The van der Waals surface area contributed by atoms with E-state index in [1.807, 2.05) is 0 Å². The van der Waals surface area contributed by atoms with E-state index in [1.54, 1.807) is 0 Å². The van der Waals surface area contributed by atoms with Crippen LogP contribution < -0.4 is 0 Å². The van der Waals surface area contributed by atoms with Gasteiger partial charge >= 0.3 is 12.1 Å². The zero-order valence-electron chi connectivity index (χ0n) is 6.72. The molecule has 0 saturated heterocycles. The zero-order chi connectivity index (χ0) is 9.94. The number of hydrogen-bond donors (Lipinski definition) is 1. The molecule has 0 aliphatic carbocycles. The second-order valence-corrected chi connectivity index (χ2v) is 2.53. The molecule has 0 aromatic carbocycles. The lowest BCUT2D eigenvalue weighted by atomic mass is 10.3. The highest BCUT2D eigenvalue weighted by atomic mass is 19.4. The van der Waals surface area contributed by atoms with Gasteiger partial charge in [-0.25, -0.2) is 0 Å². The molecule has 12 heavy (non-hydrogen) atoms. The van der Waals surface area contributed by atoms with Crippen LogP contribution in [0, 0.1) is 0 Å². The Hall–Kier alpha value is -0.780. The van der Waals surface area contributed by atoms with E-state index in [1.165, 1.54) is 6.92 Å². The van der Waals surface area contributed by atoms with Gasteiger partial charge in [-0.1, -0.05) is 0 Å². The predicted octanol–water partition coefficient (Wildman–Crippen LogP) is 0.388. The predicted molar refractivity (Wildman–Crippen MR) is 35.4 cm³/mol. The number of nitrogens with zero attached hydrogens (tertiary/aromatic N) is 1. The number of aliphatic hydroxyl groups is 1. The fraction of sp³-hybridized carbons (Fsp3) is 0.833. The van der Waals surface area contributed by atoms with E-state index in [9.17, 15) is 18.0 Å². The molecule has 1 atom stereocenters. The number of alkyl halides is 3. The summed E-state index contributed by atoms with van der Waals surface area (Å²) in [5.74, 6) is -1.94. The van der Waals surface area contributed by atoms with Gasteiger partial charge in [0.2, 0.25) is 0 Å². The third kappa shape index (κ3) is 3.56. The highest BCUT2D eigenvalue weighted by Crippen LogP contribution is 2.17. The molecule has 0 saturated carbocycles. The third-order valence-corrected chi connectivity index (χ3v) is 1.13. The molecule has 72 valence electrons. The van der Waals surface area contributed by atoms with E-state index in [4.69, 9.17) is 5.11 Å². The highest BCUT2D eigenvalue weighted by molar-refractivity contribution is 5.81. The number of hydrogen-bond acceptors (Lipinski definition) is 2. The quantitative estimate of drug-likeness (QED) is 0.676. The van der Waals surface area contributed by atoms with Gasteiger partial charge in [-0.2, -0.15) is 13.2 Å². The van der Waals surface area contributed by atoms with Gasteiger partial charge in [-0.15, -0.1) is 0 Å². The van der Waals surface area contributed by atoms with Crippen LogP contribution in [0.15, 0.2) is 0 Å². The Labute approximate surface area is 67.8 Å². The van der Waals surface area contributed by atoms with Crippen molar-refractivity contribution >= 4 is 5.91 Å². The van der Waals surface area contributed by atoms with Crippen molar-refractivity contribution in [1.29, 1.82) is 0 Å². The fourth-order valence-corrected chi connectivity index (χ4v) is 0.696. The number of halogens is 3. The summed E-state index contributed by atoms with van der Waals surface area (Å²) in [5.41, 5.74) is 0. The van der Waals surface area contributed by atoms with Crippen molar-refractivity contribution in [2.24, 2.45) is 0 Å². The molecule has 0 aromatic rings. The standard InChI is InChI=1S/C6H10F3NO2/c1-4(11)3-10(2)5(12)6(7,8)9/h4,11H,3H2,1-2H3/t4-/m1/s1. The van der Waals surface area contributed by atoms with Crippen LogP contribution >= 0.6 is 0 Å². The lowest BCUT2D eigenvalue weighted by Gasteiger charge is -2.19. The second kappa shape index (κ2) is 3.75. The summed E-state index contributed by atoms with van der Waals surface area (Å²) < 4.78 is 35.0. The maximum atomic E-state index is 11.7. The van der Waals surface area contributed by atoms with E-state index < -0.39 is 18.2 Å². The van der Waals surface area contributed by atoms with Crippen molar-refractivity contribution in [2.45, 2.75) is 19.2 Å². The highest BCUT2D eigenvalue weighted by Gasteiger charge is 2.41. The number of carbonyl (C=O) groups is 1. The van der Waals surface area contributed by atoms with Crippen LogP contribution in [-0.2, 0) is 4.79 Å². The van der Waals surface area contributed by atoms with E-state index in [-0.39, 0.29) is 6.54 Å². The lowest BCUT2D eigenvalue weighted by molar-refractivity contribution is -0.184. The molecule has 0 radical (unpaired) electrons. The summed E-state index contributed by atoms with van der Waals surface area (Å²) >= 11 is 0. The number of amides is 1. The summed E-state index contributed by atoms with van der Waals surface area (Å²) in [6, 6.07) is 0. The number of carbonyl (C=O) groups excluding carboxylic acids is 1. The first-order valence-corrected chi connectivity index (χ1v) is 3.25. The number of likely N-dealkylation sites (N-methyl/N-ethyl adjacent to an activating group) is 1. The molecule has 0 rings (SSSR count). The molecule has 6 heteroatoms. The fourth-order valence-electron chi connectivity index (χ4n) is 0.696. The van der Waals surface area contributed by atoms with E-state index in [0.717, 1.165) is 7.05 Å². The van der Waals surface area contributed by atoms with Crippen LogP contribution in [-0.4, -0.2) is 41.8 Å². The minimum Gasteiger partial charge on any atom is -0.392 e. The molecule has 0 bridgehead atoms. The SMILES string of the molecule is C[C@@H](O)CN(C)C(=O)C(F)(F)F. The summed E-state index contributed by atoms with van der Waals surface area (Å²) in [6.07, 6.45) is -5.81. The van der Waals surface area contributed by atoms with Crippen molar-refractivity contribution in [3.8, 4) is 0 Å². The molecule has 0 aromatic heterocycles. The summed E-state index contributed by atoms with van der Waals surface area (Å²) in [6.45, 7) is 0.985. The largest absolute Gasteiger partial charge is 0.471 e. The Morgan fingerprint density at radius 2 is 2.00 bits per heavy atom. The van der Waals surface area contributed by atoms with Crippen LogP contribution in [0.2, 0.25) is 0 Å². The van der Waals surface area contributed by atoms with Gasteiger partial charge in [0.1, 0.15) is 0 Å². The van der Waals surface area contributed by atoms with Crippen molar-refractivity contribution < 1.29 is 23.1 Å². The molecular formula is C6H10F3NO2. The minimum absolute atomic E-state index is 0.321. The molecule has 3 nitrogen and oxygen atoms in total. The summed E-state index contributed by atoms with van der Waals surface area (Å²) in [4.78, 5) is 10.8. The molecule has 0 fully saturated rings. The van der Waals surface area contributed by atoms with Gasteiger partial charge in [0.25, 0.3) is 0 Å².